The monoisotopic (exact) mass is 318 g/mol. The molecule has 74 valence electrons. The van der Waals surface area contributed by atoms with Gasteiger partial charge in [0, 0.05) is 9.81 Å². The zero-order valence-corrected chi connectivity index (χ0v) is 9.76. The van der Waals surface area contributed by atoms with Crippen LogP contribution in [0.5, 0.6) is 0 Å². The highest BCUT2D eigenvalue weighted by molar-refractivity contribution is 9.11. The quantitative estimate of drug-likeness (QED) is 0.632. The Bertz CT molecular complexity index is 263. The molecule has 1 aliphatic carbocycles. The average Bonchev–Trinajstić information content (AvgIpc) is 2.03. The van der Waals surface area contributed by atoms with Crippen LogP contribution in [0.25, 0.3) is 0 Å². The summed E-state index contributed by atoms with van der Waals surface area (Å²) in [5.74, 6) is 0. The van der Waals surface area contributed by atoms with Crippen molar-refractivity contribution in [3.63, 3.8) is 0 Å². The molecule has 5 heteroatoms. The maximum Gasteiger partial charge on any atom is 0.417 e. The summed E-state index contributed by atoms with van der Waals surface area (Å²) in [5.41, 5.74) is 0.240. The summed E-state index contributed by atoms with van der Waals surface area (Å²) in [6.45, 7) is 0. The topological polar surface area (TPSA) is 0 Å². The van der Waals surface area contributed by atoms with Crippen LogP contribution in [0.2, 0.25) is 0 Å². The lowest BCUT2D eigenvalue weighted by molar-refractivity contribution is -0.0888. The maximum absolute atomic E-state index is 12.4. The van der Waals surface area contributed by atoms with Crippen molar-refractivity contribution in [1.82, 2.24) is 0 Å². The van der Waals surface area contributed by atoms with Gasteiger partial charge in [0.05, 0.1) is 5.57 Å². The normalized spacial score (nSPS) is 19.0. The van der Waals surface area contributed by atoms with E-state index in [-0.39, 0.29) is 4.48 Å². The molecule has 0 spiro atoms. The van der Waals surface area contributed by atoms with Gasteiger partial charge < -0.3 is 0 Å². The van der Waals surface area contributed by atoms with E-state index in [9.17, 15) is 13.2 Å². The lowest BCUT2D eigenvalue weighted by Crippen LogP contribution is -2.14. The predicted molar refractivity (Wildman–Crippen MR) is 53.1 cm³/mol. The van der Waals surface area contributed by atoms with E-state index >= 15 is 0 Å². The zero-order valence-electron chi connectivity index (χ0n) is 6.59. The van der Waals surface area contributed by atoms with Crippen molar-refractivity contribution in [3.05, 3.63) is 21.7 Å². The minimum atomic E-state index is -4.24. The van der Waals surface area contributed by atoms with Gasteiger partial charge in [-0.15, -0.1) is 0 Å². The van der Waals surface area contributed by atoms with Crippen LogP contribution >= 0.6 is 31.9 Å². The number of halogens is 5. The van der Waals surface area contributed by atoms with E-state index in [2.05, 4.69) is 31.9 Å². The molecule has 0 unspecified atom stereocenters. The zero-order chi connectivity index (χ0) is 10.1. The second-order valence-corrected chi connectivity index (χ2v) is 4.27. The molecule has 0 saturated carbocycles. The van der Waals surface area contributed by atoms with Crippen molar-refractivity contribution >= 4 is 31.9 Å². The molecule has 0 amide bonds. The van der Waals surface area contributed by atoms with E-state index in [1.54, 1.807) is 0 Å². The fraction of sp³-hybridized carbons (Fsp3) is 0.500. The Hall–Kier alpha value is 0.230. The average molecular weight is 320 g/mol. The third kappa shape index (κ3) is 2.84. The van der Waals surface area contributed by atoms with Crippen LogP contribution in [0, 0.1) is 0 Å². The van der Waals surface area contributed by atoms with Gasteiger partial charge in [-0.1, -0.05) is 37.4 Å². The molecule has 0 aromatic heterocycles. The van der Waals surface area contributed by atoms with Crippen molar-refractivity contribution in [1.29, 1.82) is 0 Å². The van der Waals surface area contributed by atoms with Crippen molar-refractivity contribution in [2.45, 2.75) is 19.0 Å². The van der Waals surface area contributed by atoms with Gasteiger partial charge in [-0.3, -0.25) is 0 Å². The molecule has 0 heterocycles. The van der Waals surface area contributed by atoms with Gasteiger partial charge in [0.1, 0.15) is 0 Å². The Morgan fingerprint density at radius 1 is 1.31 bits per heavy atom. The molecule has 0 atom stereocenters. The Balaban J connectivity index is 2.99. The number of hydrogen-bond donors (Lipinski definition) is 0. The van der Waals surface area contributed by atoms with Gasteiger partial charge in [-0.2, -0.15) is 13.2 Å². The van der Waals surface area contributed by atoms with Crippen LogP contribution in [0.3, 0.4) is 0 Å². The SMILES string of the molecule is FC(F)(F)C1=C(Br)CCC(CBr)=C1. The fourth-order valence-corrected chi connectivity index (χ4v) is 2.08. The maximum atomic E-state index is 12.4. The molecule has 0 radical (unpaired) electrons. The van der Waals surface area contributed by atoms with Gasteiger partial charge in [-0.25, -0.2) is 0 Å². The Morgan fingerprint density at radius 2 is 1.92 bits per heavy atom. The summed E-state index contributed by atoms with van der Waals surface area (Å²) in [7, 11) is 0. The third-order valence-corrected chi connectivity index (χ3v) is 3.33. The molecule has 0 bridgehead atoms. The van der Waals surface area contributed by atoms with Crippen molar-refractivity contribution in [2.24, 2.45) is 0 Å². The highest BCUT2D eigenvalue weighted by Crippen LogP contribution is 2.38. The van der Waals surface area contributed by atoms with Crippen LogP contribution in [-0.4, -0.2) is 11.5 Å². The lowest BCUT2D eigenvalue weighted by Gasteiger charge is -2.17. The van der Waals surface area contributed by atoms with Crippen LogP contribution in [0.15, 0.2) is 21.7 Å². The highest BCUT2D eigenvalue weighted by Gasteiger charge is 2.35. The van der Waals surface area contributed by atoms with E-state index < -0.39 is 11.7 Å². The van der Waals surface area contributed by atoms with Crippen LogP contribution in [-0.2, 0) is 0 Å². The summed E-state index contributed by atoms with van der Waals surface area (Å²) in [6, 6.07) is 0. The lowest BCUT2D eigenvalue weighted by atomic mass is 10.0. The first-order chi connectivity index (χ1) is 5.95. The van der Waals surface area contributed by atoms with E-state index in [1.807, 2.05) is 0 Å². The van der Waals surface area contributed by atoms with Crippen molar-refractivity contribution < 1.29 is 13.2 Å². The number of allylic oxidation sites excluding steroid dienone is 4. The summed E-state index contributed by atoms with van der Waals surface area (Å²) < 4.78 is 37.3. The highest BCUT2D eigenvalue weighted by atomic mass is 79.9. The molecule has 0 aromatic rings. The fourth-order valence-electron chi connectivity index (χ4n) is 1.10. The molecule has 0 aromatic carbocycles. The number of hydrogen-bond acceptors (Lipinski definition) is 0. The van der Waals surface area contributed by atoms with E-state index in [0.717, 1.165) is 5.57 Å². The standard InChI is InChI=1S/C8H7Br2F3/c9-4-5-1-2-7(10)6(3-5)8(11,12)13/h3H,1-2,4H2. The Labute approximate surface area is 91.1 Å². The molecule has 0 nitrogen and oxygen atoms in total. The summed E-state index contributed by atoms with van der Waals surface area (Å²) in [6.07, 6.45) is -1.91. The summed E-state index contributed by atoms with van der Waals surface area (Å²) >= 11 is 6.10. The number of rotatable bonds is 1. The van der Waals surface area contributed by atoms with Gasteiger partial charge in [-0.05, 0) is 18.9 Å². The smallest absolute Gasteiger partial charge is 0.166 e. The Kier molecular flexibility index (Phi) is 3.63. The first kappa shape index (κ1) is 11.3. The summed E-state index contributed by atoms with van der Waals surface area (Å²) in [5, 5.41) is 0.507. The van der Waals surface area contributed by atoms with E-state index in [1.165, 1.54) is 6.08 Å². The van der Waals surface area contributed by atoms with Gasteiger partial charge in [0.2, 0.25) is 0 Å². The largest absolute Gasteiger partial charge is 0.417 e. The first-order valence-electron chi connectivity index (χ1n) is 3.66. The van der Waals surface area contributed by atoms with Gasteiger partial charge >= 0.3 is 6.18 Å². The minimum absolute atomic E-state index is 0.254. The van der Waals surface area contributed by atoms with E-state index in [4.69, 9.17) is 0 Å². The van der Waals surface area contributed by atoms with Crippen LogP contribution in [0.4, 0.5) is 13.2 Å². The molecule has 0 fully saturated rings. The molecule has 0 N–H and O–H groups in total. The van der Waals surface area contributed by atoms with Crippen molar-refractivity contribution in [2.75, 3.05) is 5.33 Å². The van der Waals surface area contributed by atoms with Gasteiger partial charge in [0.25, 0.3) is 0 Å². The molecule has 13 heavy (non-hydrogen) atoms. The van der Waals surface area contributed by atoms with Gasteiger partial charge in [0.15, 0.2) is 0 Å². The predicted octanol–water partition coefficient (Wildman–Crippen LogP) is 4.31. The summed E-state index contributed by atoms with van der Waals surface area (Å²) in [4.78, 5) is 0. The molecule has 0 saturated heterocycles. The number of alkyl halides is 4. The second-order valence-electron chi connectivity index (χ2n) is 2.75. The molecule has 1 rings (SSSR count). The molecule has 0 aliphatic heterocycles. The van der Waals surface area contributed by atoms with Crippen molar-refractivity contribution in [3.8, 4) is 0 Å². The molecular formula is C8H7Br2F3. The van der Waals surface area contributed by atoms with E-state index in [0.29, 0.717) is 18.2 Å². The molecular weight excluding hydrogens is 313 g/mol. The second kappa shape index (κ2) is 4.17. The third-order valence-electron chi connectivity index (χ3n) is 1.78. The molecule has 1 aliphatic rings. The first-order valence-corrected chi connectivity index (χ1v) is 5.58. The van der Waals surface area contributed by atoms with Crippen LogP contribution in [0.1, 0.15) is 12.8 Å². The minimum Gasteiger partial charge on any atom is -0.166 e. The Morgan fingerprint density at radius 3 is 2.38 bits per heavy atom. The van der Waals surface area contributed by atoms with Crippen LogP contribution < -0.4 is 0 Å².